The van der Waals surface area contributed by atoms with Gasteiger partial charge in [0.1, 0.15) is 0 Å². The molecule has 6 nitrogen and oxygen atoms in total. The first-order valence-corrected chi connectivity index (χ1v) is 7.17. The van der Waals surface area contributed by atoms with Gasteiger partial charge in [0, 0.05) is 18.1 Å². The van der Waals surface area contributed by atoms with Crippen molar-refractivity contribution in [3.05, 3.63) is 52.3 Å². The average Bonchev–Trinajstić information content (AvgIpc) is 2.81. The largest absolute Gasteiger partial charge is 0.464 e. The molecule has 23 heavy (non-hydrogen) atoms. The second-order valence-corrected chi connectivity index (χ2v) is 5.18. The van der Waals surface area contributed by atoms with Crippen LogP contribution in [0.5, 0.6) is 0 Å². The minimum Gasteiger partial charge on any atom is -0.464 e. The molecule has 0 aliphatic heterocycles. The Kier molecular flexibility index (Phi) is 5.18. The number of carbonyl (C=O) groups is 2. The van der Waals surface area contributed by atoms with Crippen LogP contribution in [-0.4, -0.2) is 28.8 Å². The average molecular weight is 334 g/mol. The zero-order valence-corrected chi connectivity index (χ0v) is 13.7. The fourth-order valence-electron chi connectivity index (χ4n) is 1.94. The number of halogens is 1. The van der Waals surface area contributed by atoms with Crippen molar-refractivity contribution in [2.75, 3.05) is 12.4 Å². The van der Waals surface area contributed by atoms with Crippen molar-refractivity contribution in [1.82, 2.24) is 9.78 Å². The fraction of sp³-hybridized carbons (Fsp3) is 0.188. The molecule has 0 unspecified atom stereocenters. The lowest BCUT2D eigenvalue weighted by atomic mass is 10.2. The van der Waals surface area contributed by atoms with Crippen LogP contribution < -0.4 is 5.32 Å². The lowest BCUT2D eigenvalue weighted by Gasteiger charge is -2.04. The number of carbonyl (C=O) groups excluding carboxylic acids is 2. The van der Waals surface area contributed by atoms with Gasteiger partial charge in [-0.3, -0.25) is 9.48 Å². The van der Waals surface area contributed by atoms with Crippen molar-refractivity contribution in [1.29, 1.82) is 0 Å². The van der Waals surface area contributed by atoms with E-state index < -0.39 is 11.9 Å². The van der Waals surface area contributed by atoms with E-state index >= 15 is 0 Å². The van der Waals surface area contributed by atoms with Crippen molar-refractivity contribution < 1.29 is 14.3 Å². The maximum atomic E-state index is 12.1. The van der Waals surface area contributed by atoms with Crippen LogP contribution in [0.25, 0.3) is 6.08 Å². The molecular formula is C16H16ClN3O3. The molecule has 0 atom stereocenters. The first kappa shape index (κ1) is 16.8. The summed E-state index contributed by atoms with van der Waals surface area (Å²) in [5.74, 6) is -1.01. The highest BCUT2D eigenvalue weighted by Crippen LogP contribution is 2.21. The number of nitrogens with one attached hydrogen (secondary N) is 1. The summed E-state index contributed by atoms with van der Waals surface area (Å²) in [6.07, 6.45) is 2.94. The van der Waals surface area contributed by atoms with Crippen LogP contribution in [0.15, 0.2) is 30.3 Å². The molecule has 1 aromatic carbocycles. The third-order valence-corrected chi connectivity index (χ3v) is 3.62. The highest BCUT2D eigenvalue weighted by atomic mass is 35.5. The van der Waals surface area contributed by atoms with Crippen molar-refractivity contribution in [2.45, 2.75) is 6.92 Å². The van der Waals surface area contributed by atoms with Crippen LogP contribution in [0.1, 0.15) is 21.7 Å². The van der Waals surface area contributed by atoms with Gasteiger partial charge in [-0.25, -0.2) is 4.79 Å². The van der Waals surface area contributed by atoms with Gasteiger partial charge >= 0.3 is 5.97 Å². The van der Waals surface area contributed by atoms with Crippen LogP contribution in [-0.2, 0) is 16.6 Å². The van der Waals surface area contributed by atoms with Gasteiger partial charge in [-0.1, -0.05) is 29.8 Å². The van der Waals surface area contributed by atoms with Gasteiger partial charge in [0.2, 0.25) is 5.91 Å². The summed E-state index contributed by atoms with van der Waals surface area (Å²) in [6.45, 7) is 1.74. The SMILES string of the molecule is COC(=O)c1nn(C)c(C)c1NC(=O)/C=C/c1ccccc1Cl. The van der Waals surface area contributed by atoms with Crippen molar-refractivity contribution in [3.8, 4) is 0 Å². The molecule has 0 aliphatic carbocycles. The summed E-state index contributed by atoms with van der Waals surface area (Å²) >= 11 is 6.02. The summed E-state index contributed by atoms with van der Waals surface area (Å²) in [5.41, 5.74) is 1.76. The number of methoxy groups -OCH3 is 1. The number of hydrogen-bond acceptors (Lipinski definition) is 4. The van der Waals surface area contributed by atoms with Crippen LogP contribution in [0.2, 0.25) is 5.02 Å². The van der Waals surface area contributed by atoms with Crippen LogP contribution in [0.4, 0.5) is 5.69 Å². The number of anilines is 1. The van der Waals surface area contributed by atoms with E-state index in [9.17, 15) is 9.59 Å². The molecule has 1 amide bonds. The lowest BCUT2D eigenvalue weighted by molar-refractivity contribution is -0.111. The number of ether oxygens (including phenoxy) is 1. The number of nitrogens with zero attached hydrogens (tertiary/aromatic N) is 2. The van der Waals surface area contributed by atoms with Gasteiger partial charge in [-0.05, 0) is 24.6 Å². The van der Waals surface area contributed by atoms with E-state index in [1.165, 1.54) is 17.9 Å². The molecule has 1 N–H and O–H groups in total. The first-order chi connectivity index (χ1) is 10.9. The van der Waals surface area contributed by atoms with E-state index in [1.807, 2.05) is 6.07 Å². The van der Waals surface area contributed by atoms with E-state index in [0.29, 0.717) is 16.4 Å². The van der Waals surface area contributed by atoms with Crippen LogP contribution in [0, 0.1) is 6.92 Å². The number of amides is 1. The summed E-state index contributed by atoms with van der Waals surface area (Å²) < 4.78 is 6.17. The highest BCUT2D eigenvalue weighted by Gasteiger charge is 2.21. The van der Waals surface area contributed by atoms with E-state index in [1.54, 1.807) is 38.2 Å². The molecule has 0 fully saturated rings. The van der Waals surface area contributed by atoms with Gasteiger partial charge in [-0.15, -0.1) is 0 Å². The number of aromatic nitrogens is 2. The summed E-state index contributed by atoms with van der Waals surface area (Å²) in [7, 11) is 2.94. The molecule has 0 aliphatic rings. The van der Waals surface area contributed by atoms with Crippen LogP contribution in [0.3, 0.4) is 0 Å². The number of benzene rings is 1. The van der Waals surface area contributed by atoms with E-state index in [4.69, 9.17) is 11.6 Å². The Labute approximate surface area is 138 Å². The van der Waals surface area contributed by atoms with Crippen molar-refractivity contribution in [2.24, 2.45) is 7.05 Å². The second kappa shape index (κ2) is 7.11. The lowest BCUT2D eigenvalue weighted by Crippen LogP contribution is -2.12. The number of rotatable bonds is 4. The van der Waals surface area contributed by atoms with E-state index in [0.717, 1.165) is 5.56 Å². The molecule has 7 heteroatoms. The minimum atomic E-state index is -0.612. The standard InChI is InChI=1S/C16H16ClN3O3/c1-10-14(15(16(22)23-3)19-20(10)2)18-13(21)9-8-11-6-4-5-7-12(11)17/h4-9H,1-3H3,(H,18,21)/b9-8+. The zero-order chi connectivity index (χ0) is 17.0. The predicted molar refractivity (Wildman–Crippen MR) is 88.4 cm³/mol. The topological polar surface area (TPSA) is 73.2 Å². The first-order valence-electron chi connectivity index (χ1n) is 6.79. The third-order valence-electron chi connectivity index (χ3n) is 3.28. The third kappa shape index (κ3) is 3.78. The number of hydrogen-bond donors (Lipinski definition) is 1. The Balaban J connectivity index is 2.21. The molecular weight excluding hydrogens is 318 g/mol. The van der Waals surface area contributed by atoms with Gasteiger partial charge in [0.25, 0.3) is 0 Å². The molecule has 0 saturated carbocycles. The van der Waals surface area contributed by atoms with E-state index in [2.05, 4.69) is 15.2 Å². The molecule has 0 spiro atoms. The maximum Gasteiger partial charge on any atom is 0.360 e. The Morgan fingerprint density at radius 1 is 1.35 bits per heavy atom. The minimum absolute atomic E-state index is 0.0620. The number of esters is 1. The van der Waals surface area contributed by atoms with Gasteiger partial charge in [-0.2, -0.15) is 5.10 Å². The predicted octanol–water partition coefficient (Wildman–Crippen LogP) is 2.82. The van der Waals surface area contributed by atoms with Gasteiger partial charge in [0.05, 0.1) is 18.5 Å². The van der Waals surface area contributed by atoms with Crippen molar-refractivity contribution >= 4 is 35.2 Å². The maximum absolute atomic E-state index is 12.1. The fourth-order valence-corrected chi connectivity index (χ4v) is 2.14. The normalized spacial score (nSPS) is 10.8. The summed E-state index contributed by atoms with van der Waals surface area (Å²) in [4.78, 5) is 23.8. The molecule has 1 heterocycles. The van der Waals surface area contributed by atoms with Crippen LogP contribution >= 0.6 is 11.6 Å². The summed E-state index contributed by atoms with van der Waals surface area (Å²) in [6, 6.07) is 7.16. The second-order valence-electron chi connectivity index (χ2n) is 4.77. The van der Waals surface area contributed by atoms with Gasteiger partial charge in [0.15, 0.2) is 5.69 Å². The highest BCUT2D eigenvalue weighted by molar-refractivity contribution is 6.32. The molecule has 0 saturated heterocycles. The van der Waals surface area contributed by atoms with E-state index in [-0.39, 0.29) is 5.69 Å². The Morgan fingerprint density at radius 3 is 2.70 bits per heavy atom. The number of aryl methyl sites for hydroxylation is 1. The molecule has 2 rings (SSSR count). The summed E-state index contributed by atoms with van der Waals surface area (Å²) in [5, 5.41) is 7.25. The molecule has 1 aromatic heterocycles. The zero-order valence-electron chi connectivity index (χ0n) is 13.0. The Morgan fingerprint density at radius 2 is 2.04 bits per heavy atom. The Hall–Kier alpha value is -2.60. The smallest absolute Gasteiger partial charge is 0.360 e. The Bertz CT molecular complexity index is 781. The monoisotopic (exact) mass is 333 g/mol. The molecule has 0 radical (unpaired) electrons. The van der Waals surface area contributed by atoms with Gasteiger partial charge < -0.3 is 10.1 Å². The van der Waals surface area contributed by atoms with Crippen molar-refractivity contribution in [3.63, 3.8) is 0 Å². The molecule has 2 aromatic rings. The quantitative estimate of drug-likeness (QED) is 0.689. The molecule has 0 bridgehead atoms. The molecule has 120 valence electrons.